The summed E-state index contributed by atoms with van der Waals surface area (Å²) < 4.78 is 26.2. The van der Waals surface area contributed by atoms with Gasteiger partial charge in [0.25, 0.3) is 0 Å². The van der Waals surface area contributed by atoms with Crippen LogP contribution in [0, 0.1) is 0 Å². The molecule has 0 heterocycles. The lowest BCUT2D eigenvalue weighted by atomic mass is 9.97. The first-order chi connectivity index (χ1) is 15.1. The molecule has 0 amide bonds. The highest BCUT2D eigenvalue weighted by Crippen LogP contribution is 2.42. The van der Waals surface area contributed by atoms with Crippen LogP contribution < -0.4 is 0 Å². The quantitative estimate of drug-likeness (QED) is 0.186. The van der Waals surface area contributed by atoms with Crippen molar-refractivity contribution in [3.8, 4) is 0 Å². The Morgan fingerprint density at radius 1 is 0.848 bits per heavy atom. The maximum Gasteiger partial charge on any atom is 0.331 e. The van der Waals surface area contributed by atoms with Crippen LogP contribution in [0.15, 0.2) is 36.4 Å². The molecule has 0 saturated heterocycles. The first-order valence-corrected chi connectivity index (χ1v) is 24.1. The van der Waals surface area contributed by atoms with E-state index in [1.54, 1.807) is 6.08 Å². The summed E-state index contributed by atoms with van der Waals surface area (Å²) in [5.74, 6) is -0.281. The Balaban J connectivity index is 2.12. The molecule has 1 aliphatic carbocycles. The van der Waals surface area contributed by atoms with E-state index in [4.69, 9.17) is 17.1 Å². The minimum absolute atomic E-state index is 0.0972. The maximum atomic E-state index is 12.5. The van der Waals surface area contributed by atoms with Crippen molar-refractivity contribution < 1.29 is 21.9 Å². The van der Waals surface area contributed by atoms with Crippen molar-refractivity contribution in [2.75, 3.05) is 0 Å². The first-order valence-electron chi connectivity index (χ1n) is 12.1. The number of hydrogen-bond donors (Lipinski definition) is 0. The molecule has 3 atom stereocenters. The van der Waals surface area contributed by atoms with Gasteiger partial charge in [-0.2, -0.15) is 0 Å². The zero-order chi connectivity index (χ0) is 24.9. The minimum Gasteiger partial charge on any atom is -0.459 e. The Kier molecular flexibility index (Phi) is 9.71. The number of rotatable bonds is 10. The molecule has 33 heavy (non-hydrogen) atoms. The fraction of sp³-hybridized carbons (Fsp3) is 0.625. The van der Waals surface area contributed by atoms with Gasteiger partial charge in [-0.05, 0) is 96.2 Å². The molecule has 0 N–H and O–H groups in total. The van der Waals surface area contributed by atoms with Crippen molar-refractivity contribution >= 4 is 45.8 Å². The van der Waals surface area contributed by atoms with Gasteiger partial charge < -0.3 is 17.1 Å². The van der Waals surface area contributed by atoms with E-state index in [0.717, 1.165) is 31.2 Å². The van der Waals surface area contributed by atoms with E-state index in [-0.39, 0.29) is 17.6 Å². The van der Waals surface area contributed by atoms with Crippen molar-refractivity contribution in [3.05, 3.63) is 42.0 Å². The van der Waals surface area contributed by atoms with Crippen LogP contribution in [0.4, 0.5) is 0 Å². The van der Waals surface area contributed by atoms with Gasteiger partial charge in [0.2, 0.25) is 0 Å². The third-order valence-corrected chi connectivity index (χ3v) is 19.5. The normalized spacial score (nSPS) is 22.2. The molecule has 9 heteroatoms. The third-order valence-electron chi connectivity index (χ3n) is 5.37. The Hall–Kier alpha value is -0.822. The van der Waals surface area contributed by atoms with Gasteiger partial charge in [0, 0.05) is 11.6 Å². The molecule has 3 unspecified atom stereocenters. The molecule has 0 bridgehead atoms. The summed E-state index contributed by atoms with van der Waals surface area (Å²) in [7, 11) is -8.51. The Morgan fingerprint density at radius 3 is 2.03 bits per heavy atom. The molecule has 2 rings (SSSR count). The second-order valence-corrected chi connectivity index (χ2v) is 28.2. The van der Waals surface area contributed by atoms with Crippen molar-refractivity contribution in [1.29, 1.82) is 0 Å². The SMILES string of the molecule is C[Si](C)(C)O[Si](C)(C)O[Si](C)(O[Si](C)(C)C)C1CCCC(OC(=O)/C=C/c2ccccc2)C1. The molecule has 1 aromatic rings. The van der Waals surface area contributed by atoms with Gasteiger partial charge in [-0.15, -0.1) is 0 Å². The summed E-state index contributed by atoms with van der Waals surface area (Å²) >= 11 is 0. The van der Waals surface area contributed by atoms with Gasteiger partial charge in [0.05, 0.1) is 0 Å². The molecule has 1 fully saturated rings. The molecule has 0 aliphatic heterocycles. The largest absolute Gasteiger partial charge is 0.459 e. The molecule has 1 saturated carbocycles. The van der Waals surface area contributed by atoms with E-state index in [2.05, 4.69) is 58.9 Å². The predicted molar refractivity (Wildman–Crippen MR) is 147 cm³/mol. The highest BCUT2D eigenvalue weighted by atomic mass is 28.5. The maximum absolute atomic E-state index is 12.5. The van der Waals surface area contributed by atoms with Crippen molar-refractivity contribution in [2.24, 2.45) is 0 Å². The lowest BCUT2D eigenvalue weighted by molar-refractivity contribution is -0.144. The van der Waals surface area contributed by atoms with Crippen molar-refractivity contribution in [1.82, 2.24) is 0 Å². The van der Waals surface area contributed by atoms with E-state index in [1.165, 1.54) is 6.08 Å². The molecular formula is C24H44O5Si4. The lowest BCUT2D eigenvalue weighted by Gasteiger charge is -2.46. The van der Waals surface area contributed by atoms with Gasteiger partial charge in [-0.3, -0.25) is 0 Å². The van der Waals surface area contributed by atoms with Crippen molar-refractivity contribution in [3.63, 3.8) is 0 Å². The fourth-order valence-electron chi connectivity index (χ4n) is 4.70. The monoisotopic (exact) mass is 524 g/mol. The van der Waals surface area contributed by atoms with Crippen LogP contribution in [0.2, 0.25) is 64.5 Å². The summed E-state index contributed by atoms with van der Waals surface area (Å²) in [5, 5.41) is 0. The zero-order valence-electron chi connectivity index (χ0n) is 22.1. The summed E-state index contributed by atoms with van der Waals surface area (Å²) in [6.45, 7) is 19.8. The smallest absolute Gasteiger partial charge is 0.331 e. The number of ether oxygens (including phenoxy) is 1. The molecule has 5 nitrogen and oxygen atoms in total. The standard InChI is InChI=1S/C24H44O5Si4/c1-30(2,3)27-32(7,8)29-33(9,28-31(4,5)6)23-17-13-16-22(20-23)26-24(25)19-18-21-14-11-10-12-15-21/h10-12,14-15,18-19,22-23H,13,16-17,20H2,1-9H3/b19-18+. The van der Waals surface area contributed by atoms with Gasteiger partial charge in [-0.25, -0.2) is 4.79 Å². The van der Waals surface area contributed by atoms with Crippen LogP contribution in [0.3, 0.4) is 0 Å². The molecule has 1 aromatic carbocycles. The fourth-order valence-corrected chi connectivity index (χ4v) is 23.2. The van der Waals surface area contributed by atoms with Crippen molar-refractivity contribution in [2.45, 2.75) is 96.3 Å². The number of esters is 1. The lowest BCUT2D eigenvalue weighted by Crippen LogP contribution is -2.59. The number of benzene rings is 1. The van der Waals surface area contributed by atoms with Gasteiger partial charge in [0.1, 0.15) is 6.10 Å². The zero-order valence-corrected chi connectivity index (χ0v) is 26.1. The summed E-state index contributed by atoms with van der Waals surface area (Å²) in [5.41, 5.74) is 1.27. The number of carbonyl (C=O) groups excluding carboxylic acids is 1. The molecule has 186 valence electrons. The summed E-state index contributed by atoms with van der Waals surface area (Å²) in [4.78, 5) is 12.5. The van der Waals surface area contributed by atoms with E-state index in [9.17, 15) is 4.79 Å². The topological polar surface area (TPSA) is 54.0 Å². The second-order valence-electron chi connectivity index (χ2n) is 11.6. The molecule has 0 aromatic heterocycles. The Morgan fingerprint density at radius 2 is 1.45 bits per heavy atom. The van der Waals surface area contributed by atoms with Gasteiger partial charge in [-0.1, -0.05) is 30.3 Å². The molecule has 1 aliphatic rings. The van der Waals surface area contributed by atoms with Crippen LogP contribution in [0.1, 0.15) is 31.2 Å². The van der Waals surface area contributed by atoms with E-state index in [1.807, 2.05) is 30.3 Å². The average molecular weight is 525 g/mol. The third kappa shape index (κ3) is 10.5. The Bertz CT molecular complexity index is 801. The van der Waals surface area contributed by atoms with Crippen LogP contribution >= 0.6 is 0 Å². The van der Waals surface area contributed by atoms with Crippen LogP contribution in [0.25, 0.3) is 6.08 Å². The van der Waals surface area contributed by atoms with Gasteiger partial charge >= 0.3 is 23.1 Å². The number of carbonyl (C=O) groups is 1. The second kappa shape index (κ2) is 11.3. The van der Waals surface area contributed by atoms with Crippen LogP contribution in [-0.2, 0) is 21.9 Å². The first kappa shape index (κ1) is 28.4. The minimum atomic E-state index is -2.57. The summed E-state index contributed by atoms with van der Waals surface area (Å²) in [6, 6.07) is 9.81. The highest BCUT2D eigenvalue weighted by molar-refractivity contribution is 6.89. The summed E-state index contributed by atoms with van der Waals surface area (Å²) in [6.07, 6.45) is 7.01. The van der Waals surface area contributed by atoms with E-state index >= 15 is 0 Å². The van der Waals surface area contributed by atoms with E-state index < -0.39 is 33.8 Å². The predicted octanol–water partition coefficient (Wildman–Crippen LogP) is 7.05. The Labute approximate surface area is 205 Å². The van der Waals surface area contributed by atoms with Gasteiger partial charge in [0.15, 0.2) is 16.6 Å². The molecule has 0 radical (unpaired) electrons. The molecule has 0 spiro atoms. The van der Waals surface area contributed by atoms with Crippen LogP contribution in [0.5, 0.6) is 0 Å². The molecular weight excluding hydrogens is 481 g/mol. The van der Waals surface area contributed by atoms with E-state index in [0.29, 0.717) is 0 Å². The average Bonchev–Trinajstić information content (AvgIpc) is 2.63. The van der Waals surface area contributed by atoms with Crippen LogP contribution in [-0.4, -0.2) is 45.8 Å². The number of hydrogen-bond acceptors (Lipinski definition) is 5. The highest BCUT2D eigenvalue weighted by Gasteiger charge is 2.50.